The average Bonchev–Trinajstić information content (AvgIpc) is 3.40. The van der Waals surface area contributed by atoms with Gasteiger partial charge in [-0.25, -0.2) is 15.0 Å². The molecule has 1 aliphatic heterocycles. The first-order valence-corrected chi connectivity index (χ1v) is 12.8. The first kappa shape index (κ1) is 27.0. The lowest BCUT2D eigenvalue weighted by atomic mass is 10.1. The maximum atomic E-state index is 11.2. The van der Waals surface area contributed by atoms with Gasteiger partial charge in [0.2, 0.25) is 11.8 Å². The van der Waals surface area contributed by atoms with E-state index in [1.165, 1.54) is 0 Å². The Morgan fingerprint density at radius 2 is 1.50 bits per heavy atom. The van der Waals surface area contributed by atoms with E-state index in [2.05, 4.69) is 24.8 Å². The molecule has 2 aromatic carbocycles. The van der Waals surface area contributed by atoms with Crippen molar-refractivity contribution in [1.82, 2.24) is 19.9 Å². The van der Waals surface area contributed by atoms with Crippen LogP contribution >= 0.6 is 0 Å². The summed E-state index contributed by atoms with van der Waals surface area (Å²) in [5.74, 6) is -0.108. The maximum absolute atomic E-state index is 11.2. The van der Waals surface area contributed by atoms with E-state index in [0.717, 1.165) is 49.8 Å². The van der Waals surface area contributed by atoms with Crippen molar-refractivity contribution in [3.63, 3.8) is 0 Å². The van der Waals surface area contributed by atoms with Crippen LogP contribution in [0.1, 0.15) is 25.7 Å². The summed E-state index contributed by atoms with van der Waals surface area (Å²) in [6.45, 7) is 8.64. The predicted molar refractivity (Wildman–Crippen MR) is 148 cm³/mol. The molecule has 0 bridgehead atoms. The van der Waals surface area contributed by atoms with Gasteiger partial charge in [-0.05, 0) is 19.9 Å². The molecule has 1 aliphatic rings. The highest BCUT2D eigenvalue weighted by Gasteiger charge is 2.24. The molecule has 1 fully saturated rings. The Kier molecular flexibility index (Phi) is 9.18. The summed E-state index contributed by atoms with van der Waals surface area (Å²) < 4.78 is 5.79. The van der Waals surface area contributed by atoms with Gasteiger partial charge in [0.1, 0.15) is 11.6 Å². The molecule has 2 aromatic heterocycles. The Morgan fingerprint density at radius 3 is 2.05 bits per heavy atom. The number of carboxylic acid groups (broad SMARTS) is 1. The van der Waals surface area contributed by atoms with E-state index in [4.69, 9.17) is 10.2 Å². The number of oxazole rings is 1. The van der Waals surface area contributed by atoms with E-state index in [0.29, 0.717) is 11.5 Å². The van der Waals surface area contributed by atoms with Crippen LogP contribution in [0.15, 0.2) is 83.5 Å². The number of carbonyl (C=O) groups is 1. The second-order valence-corrected chi connectivity index (χ2v) is 9.34. The van der Waals surface area contributed by atoms with Crippen molar-refractivity contribution in [2.75, 3.05) is 37.6 Å². The van der Waals surface area contributed by atoms with E-state index < -0.39 is 11.9 Å². The zero-order valence-electron chi connectivity index (χ0n) is 21.8. The molecule has 198 valence electrons. The third kappa shape index (κ3) is 7.02. The molecule has 0 aliphatic carbocycles. The lowest BCUT2D eigenvalue weighted by molar-refractivity contribution is -0.138. The first-order chi connectivity index (χ1) is 18.4. The molecular weight excluding hydrogens is 480 g/mol. The lowest BCUT2D eigenvalue weighted by Gasteiger charge is -2.35. The fourth-order valence-electron chi connectivity index (χ4n) is 4.20. The molecule has 0 saturated carbocycles. The minimum Gasteiger partial charge on any atom is -0.481 e. The fourth-order valence-corrected chi connectivity index (χ4v) is 4.20. The van der Waals surface area contributed by atoms with Crippen LogP contribution in [-0.2, 0) is 4.79 Å². The van der Waals surface area contributed by atoms with Crippen LogP contribution in [0, 0.1) is 0 Å². The normalized spacial score (nSPS) is 15.3. The van der Waals surface area contributed by atoms with Gasteiger partial charge in [0.25, 0.3) is 0 Å². The van der Waals surface area contributed by atoms with E-state index in [1.807, 2.05) is 73.7 Å². The van der Waals surface area contributed by atoms with Crippen molar-refractivity contribution in [3.05, 3.63) is 85.0 Å². The average molecular weight is 515 g/mol. The number of hydrogen-bond acceptors (Lipinski definition) is 8. The molecule has 1 saturated heterocycles. The Bertz CT molecular complexity index is 1220. The van der Waals surface area contributed by atoms with Gasteiger partial charge in [-0.1, -0.05) is 60.7 Å². The number of aliphatic carboxylic acids is 1. The monoisotopic (exact) mass is 514 g/mol. The number of nitrogens with zero attached hydrogens (tertiary/aromatic N) is 5. The molecule has 2 unspecified atom stereocenters. The van der Waals surface area contributed by atoms with Crippen molar-refractivity contribution in [1.29, 1.82) is 0 Å². The molecule has 2 atom stereocenters. The number of aromatic nitrogens is 3. The van der Waals surface area contributed by atoms with Crippen LogP contribution in [0.2, 0.25) is 0 Å². The summed E-state index contributed by atoms with van der Waals surface area (Å²) >= 11 is 0. The minimum atomic E-state index is -0.958. The second-order valence-electron chi connectivity index (χ2n) is 9.34. The van der Waals surface area contributed by atoms with Crippen molar-refractivity contribution in [3.8, 4) is 22.6 Å². The van der Waals surface area contributed by atoms with Gasteiger partial charge in [-0.2, -0.15) is 0 Å². The Morgan fingerprint density at radius 1 is 0.921 bits per heavy atom. The first-order valence-electron chi connectivity index (χ1n) is 12.8. The maximum Gasteiger partial charge on any atom is 0.315 e. The van der Waals surface area contributed by atoms with Gasteiger partial charge >= 0.3 is 5.97 Å². The van der Waals surface area contributed by atoms with Gasteiger partial charge in [-0.3, -0.25) is 9.69 Å². The molecule has 9 nitrogen and oxygen atoms in total. The summed E-state index contributed by atoms with van der Waals surface area (Å²) in [5, 5.41) is 9.18. The van der Waals surface area contributed by atoms with Crippen LogP contribution < -0.4 is 10.6 Å². The Labute approximate surface area is 223 Å². The number of carboxylic acids is 1. The Hall–Kier alpha value is -4.08. The van der Waals surface area contributed by atoms with Crippen LogP contribution in [0.4, 0.5) is 5.95 Å². The van der Waals surface area contributed by atoms with Gasteiger partial charge < -0.3 is 20.2 Å². The molecule has 3 N–H and O–H groups in total. The molecule has 0 amide bonds. The molecular formula is C29H34N6O3. The summed E-state index contributed by atoms with van der Waals surface area (Å²) in [7, 11) is 0. The highest BCUT2D eigenvalue weighted by Crippen LogP contribution is 2.34. The zero-order chi connectivity index (χ0) is 26.9. The number of rotatable bonds is 7. The summed E-state index contributed by atoms with van der Waals surface area (Å²) in [4.78, 5) is 28.8. The third-order valence-corrected chi connectivity index (χ3v) is 6.22. The van der Waals surface area contributed by atoms with Crippen molar-refractivity contribution in [2.45, 2.75) is 25.8 Å². The molecule has 0 radical (unpaired) electrons. The van der Waals surface area contributed by atoms with Crippen molar-refractivity contribution < 1.29 is 14.3 Å². The Balaban J connectivity index is 0.000000186. The highest BCUT2D eigenvalue weighted by atomic mass is 16.4. The summed E-state index contributed by atoms with van der Waals surface area (Å²) in [6.07, 6.45) is 3.58. The van der Waals surface area contributed by atoms with Gasteiger partial charge in [0.15, 0.2) is 5.76 Å². The van der Waals surface area contributed by atoms with Gasteiger partial charge in [0, 0.05) is 62.3 Å². The standard InChI is InChI=1S/C18H15NO3.C11H19N5/c1-12(18(20)21)17-19-15(13-8-4-2-5-9-13)16(22-17)14-10-6-3-7-11-14;1-10(12)9-15-5-7-16(8-6-15)11-13-3-2-4-14-11/h2-12H,1H3,(H,20,21);2-4,10H,5-9,12H2,1H3. The SMILES string of the molecule is CC(C(=O)O)c1nc(-c2ccccc2)c(-c2ccccc2)o1.CC(N)CN1CCN(c2ncccn2)CC1. The molecule has 9 heteroatoms. The number of nitrogens with two attached hydrogens (primary N) is 1. The van der Waals surface area contributed by atoms with Crippen LogP contribution in [0.5, 0.6) is 0 Å². The van der Waals surface area contributed by atoms with Crippen molar-refractivity contribution in [2.24, 2.45) is 5.73 Å². The second kappa shape index (κ2) is 12.9. The van der Waals surface area contributed by atoms with E-state index >= 15 is 0 Å². The van der Waals surface area contributed by atoms with Crippen LogP contribution in [-0.4, -0.2) is 69.7 Å². The van der Waals surface area contributed by atoms with E-state index in [-0.39, 0.29) is 11.9 Å². The topological polar surface area (TPSA) is 122 Å². The van der Waals surface area contributed by atoms with Crippen molar-refractivity contribution >= 4 is 11.9 Å². The number of benzene rings is 2. The van der Waals surface area contributed by atoms with E-state index in [9.17, 15) is 9.90 Å². The number of anilines is 1. The van der Waals surface area contributed by atoms with Gasteiger partial charge in [-0.15, -0.1) is 0 Å². The fraction of sp³-hybridized carbons (Fsp3) is 0.310. The minimum absolute atomic E-state index is 0.213. The van der Waals surface area contributed by atoms with Crippen LogP contribution in [0.25, 0.3) is 22.6 Å². The quantitative estimate of drug-likeness (QED) is 0.375. The zero-order valence-corrected chi connectivity index (χ0v) is 21.8. The number of piperazine rings is 1. The summed E-state index contributed by atoms with van der Waals surface area (Å²) in [5.41, 5.74) is 8.22. The third-order valence-electron chi connectivity index (χ3n) is 6.22. The van der Waals surface area contributed by atoms with Crippen LogP contribution in [0.3, 0.4) is 0 Å². The van der Waals surface area contributed by atoms with Gasteiger partial charge in [0.05, 0.1) is 0 Å². The molecule has 5 rings (SSSR count). The predicted octanol–water partition coefficient (Wildman–Crippen LogP) is 4.14. The molecule has 0 spiro atoms. The number of hydrogen-bond donors (Lipinski definition) is 2. The molecule has 38 heavy (non-hydrogen) atoms. The summed E-state index contributed by atoms with van der Waals surface area (Å²) in [6, 6.07) is 21.3. The largest absolute Gasteiger partial charge is 0.481 e. The smallest absolute Gasteiger partial charge is 0.315 e. The highest BCUT2D eigenvalue weighted by molar-refractivity contribution is 5.79. The van der Waals surface area contributed by atoms with E-state index in [1.54, 1.807) is 19.3 Å². The molecule has 3 heterocycles. The molecule has 4 aromatic rings. The lowest BCUT2D eigenvalue weighted by Crippen LogP contribution is -2.49.